The number of rotatable bonds is 5. The van der Waals surface area contributed by atoms with Crippen molar-refractivity contribution < 1.29 is 4.74 Å². The number of fused-ring (bicyclic) bond motifs is 1. The molecule has 126 valence electrons. The average Bonchev–Trinajstić information content (AvgIpc) is 2.56. The predicted octanol–water partition coefficient (Wildman–Crippen LogP) is 3.42. The summed E-state index contributed by atoms with van der Waals surface area (Å²) < 4.78 is 5.68. The number of nitrogens with zero attached hydrogens (tertiary/aromatic N) is 2. The molecule has 2 aromatic rings. The molecule has 4 nitrogen and oxygen atoms in total. The zero-order valence-electron chi connectivity index (χ0n) is 14.0. The average molecular weight is 336 g/mol. The van der Waals surface area contributed by atoms with Gasteiger partial charge in [-0.1, -0.05) is 13.3 Å². The first-order chi connectivity index (χ1) is 10.8. The van der Waals surface area contributed by atoms with Crippen LogP contribution < -0.4 is 15.0 Å². The fourth-order valence-corrected chi connectivity index (χ4v) is 3.05. The molecule has 0 saturated carbocycles. The monoisotopic (exact) mass is 335 g/mol. The number of piperazine rings is 1. The zero-order chi connectivity index (χ0) is 15.4. The van der Waals surface area contributed by atoms with Crippen LogP contribution in [0.2, 0.25) is 0 Å². The van der Waals surface area contributed by atoms with Crippen molar-refractivity contribution in [3.8, 4) is 5.75 Å². The largest absolute Gasteiger partial charge is 0.494 e. The highest BCUT2D eigenvalue weighted by Gasteiger charge is 2.15. The van der Waals surface area contributed by atoms with E-state index in [1.54, 1.807) is 0 Å². The van der Waals surface area contributed by atoms with Gasteiger partial charge in [0.25, 0.3) is 0 Å². The number of aryl methyl sites for hydroxylation is 1. The van der Waals surface area contributed by atoms with Gasteiger partial charge in [0.15, 0.2) is 0 Å². The van der Waals surface area contributed by atoms with Gasteiger partial charge in [-0.05, 0) is 37.6 Å². The van der Waals surface area contributed by atoms with E-state index in [2.05, 4.69) is 35.3 Å². The van der Waals surface area contributed by atoms with Gasteiger partial charge in [0.2, 0.25) is 0 Å². The second kappa shape index (κ2) is 8.37. The molecule has 0 atom stereocenters. The van der Waals surface area contributed by atoms with Crippen LogP contribution in [0.1, 0.15) is 26.0 Å². The van der Waals surface area contributed by atoms with Gasteiger partial charge in [-0.15, -0.1) is 12.4 Å². The lowest BCUT2D eigenvalue weighted by Gasteiger charge is -2.30. The standard InChI is InChI=1S/C18H25N3O.ClH/c1-3-5-14-12-18(21-10-8-19-9-11-21)16-13-15(22-4-2)6-7-17(16)20-14;/h6-7,12-13,19H,3-5,8-11H2,1-2H3;1H. The molecule has 0 spiro atoms. The Balaban J connectivity index is 0.00000192. The quantitative estimate of drug-likeness (QED) is 0.908. The Kier molecular flexibility index (Phi) is 6.48. The number of nitrogens with one attached hydrogen (secondary N) is 1. The van der Waals surface area contributed by atoms with E-state index in [4.69, 9.17) is 9.72 Å². The molecular formula is C18H26ClN3O. The molecule has 1 aromatic carbocycles. The van der Waals surface area contributed by atoms with E-state index in [1.807, 2.05) is 13.0 Å². The second-order valence-electron chi connectivity index (χ2n) is 5.73. The molecule has 2 heterocycles. The third kappa shape index (κ3) is 4.06. The molecule has 3 rings (SSSR count). The van der Waals surface area contributed by atoms with Gasteiger partial charge in [0.1, 0.15) is 5.75 Å². The summed E-state index contributed by atoms with van der Waals surface area (Å²) in [6.07, 6.45) is 2.15. The molecule has 0 aliphatic carbocycles. The van der Waals surface area contributed by atoms with Crippen LogP contribution in [0.4, 0.5) is 5.69 Å². The molecule has 23 heavy (non-hydrogen) atoms. The third-order valence-corrected chi connectivity index (χ3v) is 4.09. The van der Waals surface area contributed by atoms with Crippen molar-refractivity contribution in [2.75, 3.05) is 37.7 Å². The van der Waals surface area contributed by atoms with E-state index in [0.717, 1.165) is 50.3 Å². The molecule has 0 amide bonds. The highest BCUT2D eigenvalue weighted by Crippen LogP contribution is 2.30. The Morgan fingerprint density at radius 1 is 1.17 bits per heavy atom. The summed E-state index contributed by atoms with van der Waals surface area (Å²) in [5.41, 5.74) is 3.56. The maximum absolute atomic E-state index is 5.68. The van der Waals surface area contributed by atoms with Crippen LogP contribution >= 0.6 is 12.4 Å². The molecule has 1 N–H and O–H groups in total. The van der Waals surface area contributed by atoms with Crippen molar-refractivity contribution in [3.63, 3.8) is 0 Å². The third-order valence-electron chi connectivity index (χ3n) is 4.09. The summed E-state index contributed by atoms with van der Waals surface area (Å²) in [4.78, 5) is 7.29. The number of ether oxygens (including phenoxy) is 1. The van der Waals surface area contributed by atoms with E-state index in [-0.39, 0.29) is 12.4 Å². The Morgan fingerprint density at radius 2 is 1.96 bits per heavy atom. The summed E-state index contributed by atoms with van der Waals surface area (Å²) in [6, 6.07) is 8.52. The number of halogens is 1. The molecule has 5 heteroatoms. The van der Waals surface area contributed by atoms with Gasteiger partial charge < -0.3 is 15.0 Å². The van der Waals surface area contributed by atoms with Gasteiger partial charge in [-0.2, -0.15) is 0 Å². The maximum atomic E-state index is 5.68. The lowest BCUT2D eigenvalue weighted by molar-refractivity contribution is 0.340. The lowest BCUT2D eigenvalue weighted by Crippen LogP contribution is -2.43. The van der Waals surface area contributed by atoms with Crippen LogP contribution in [0.15, 0.2) is 24.3 Å². The molecule has 1 aliphatic heterocycles. The SMILES string of the molecule is CCCc1cc(N2CCNCC2)c2cc(OCC)ccc2n1.Cl. The van der Waals surface area contributed by atoms with Gasteiger partial charge in [-0.25, -0.2) is 0 Å². The number of anilines is 1. The fraction of sp³-hybridized carbons (Fsp3) is 0.500. The Labute approximate surface area is 144 Å². The molecule has 1 fully saturated rings. The maximum Gasteiger partial charge on any atom is 0.120 e. The second-order valence-corrected chi connectivity index (χ2v) is 5.73. The van der Waals surface area contributed by atoms with E-state index in [1.165, 1.54) is 16.8 Å². The van der Waals surface area contributed by atoms with Crippen LogP contribution in [0.25, 0.3) is 10.9 Å². The smallest absolute Gasteiger partial charge is 0.120 e. The van der Waals surface area contributed by atoms with Crippen molar-refractivity contribution in [3.05, 3.63) is 30.0 Å². The number of pyridine rings is 1. The summed E-state index contributed by atoms with van der Waals surface area (Å²) >= 11 is 0. The molecule has 0 unspecified atom stereocenters. The lowest BCUT2D eigenvalue weighted by atomic mass is 10.1. The van der Waals surface area contributed by atoms with Gasteiger partial charge in [0.05, 0.1) is 12.1 Å². The van der Waals surface area contributed by atoms with E-state index < -0.39 is 0 Å². The topological polar surface area (TPSA) is 37.4 Å². The summed E-state index contributed by atoms with van der Waals surface area (Å²) in [5, 5.41) is 4.62. The molecule has 0 bridgehead atoms. The summed E-state index contributed by atoms with van der Waals surface area (Å²) in [7, 11) is 0. The minimum Gasteiger partial charge on any atom is -0.494 e. The highest BCUT2D eigenvalue weighted by molar-refractivity contribution is 5.93. The Morgan fingerprint density at radius 3 is 2.65 bits per heavy atom. The summed E-state index contributed by atoms with van der Waals surface area (Å²) in [5.74, 6) is 0.927. The minimum absolute atomic E-state index is 0. The van der Waals surface area contributed by atoms with Crippen LogP contribution in [0, 0.1) is 0 Å². The fourth-order valence-electron chi connectivity index (χ4n) is 3.05. The van der Waals surface area contributed by atoms with Crippen LogP contribution in [0.3, 0.4) is 0 Å². The predicted molar refractivity (Wildman–Crippen MR) is 99.2 cm³/mol. The number of aromatic nitrogens is 1. The number of hydrogen-bond donors (Lipinski definition) is 1. The van der Waals surface area contributed by atoms with E-state index in [0.29, 0.717) is 6.61 Å². The Hall–Kier alpha value is -1.52. The first-order valence-electron chi connectivity index (χ1n) is 8.34. The van der Waals surface area contributed by atoms with Crippen LogP contribution in [0.5, 0.6) is 5.75 Å². The Bertz CT molecular complexity index is 641. The zero-order valence-corrected chi connectivity index (χ0v) is 14.8. The first-order valence-corrected chi connectivity index (χ1v) is 8.34. The van der Waals surface area contributed by atoms with Gasteiger partial charge in [-0.3, -0.25) is 4.98 Å². The first kappa shape index (κ1) is 17.8. The van der Waals surface area contributed by atoms with Crippen LogP contribution in [-0.2, 0) is 6.42 Å². The van der Waals surface area contributed by atoms with Crippen molar-refractivity contribution in [2.24, 2.45) is 0 Å². The minimum atomic E-state index is 0. The van der Waals surface area contributed by atoms with Gasteiger partial charge in [0, 0.05) is 42.9 Å². The molecule has 1 saturated heterocycles. The normalized spacial score (nSPS) is 14.6. The highest BCUT2D eigenvalue weighted by atomic mass is 35.5. The van der Waals surface area contributed by atoms with E-state index >= 15 is 0 Å². The number of hydrogen-bond acceptors (Lipinski definition) is 4. The van der Waals surface area contributed by atoms with Gasteiger partial charge >= 0.3 is 0 Å². The van der Waals surface area contributed by atoms with Crippen molar-refractivity contribution >= 4 is 29.0 Å². The van der Waals surface area contributed by atoms with Crippen LogP contribution in [-0.4, -0.2) is 37.8 Å². The molecule has 0 radical (unpaired) electrons. The van der Waals surface area contributed by atoms with Crippen molar-refractivity contribution in [2.45, 2.75) is 26.7 Å². The van der Waals surface area contributed by atoms with Crippen molar-refractivity contribution in [1.29, 1.82) is 0 Å². The summed E-state index contributed by atoms with van der Waals surface area (Å²) in [6.45, 7) is 9.08. The molecular weight excluding hydrogens is 310 g/mol. The molecule has 1 aromatic heterocycles. The van der Waals surface area contributed by atoms with E-state index in [9.17, 15) is 0 Å². The molecule has 1 aliphatic rings. The number of benzene rings is 1. The van der Waals surface area contributed by atoms with Crippen molar-refractivity contribution in [1.82, 2.24) is 10.3 Å².